The van der Waals surface area contributed by atoms with E-state index in [0.717, 1.165) is 5.56 Å². The van der Waals surface area contributed by atoms with E-state index in [4.69, 9.17) is 5.11 Å². The van der Waals surface area contributed by atoms with Gasteiger partial charge in [0.1, 0.15) is 0 Å². The predicted octanol–water partition coefficient (Wildman–Crippen LogP) is 5.11. The van der Waals surface area contributed by atoms with Crippen LogP contribution in [0, 0.1) is 12.3 Å². The second-order valence-electron chi connectivity index (χ2n) is 5.15. The molecule has 106 valence electrons. The van der Waals surface area contributed by atoms with Crippen molar-refractivity contribution in [3.8, 4) is 0 Å². The average Bonchev–Trinajstić information content (AvgIpc) is 2.21. The molecule has 1 aromatic rings. The Kier molecular flexibility index (Phi) is 4.78. The highest BCUT2D eigenvalue weighted by Crippen LogP contribution is 2.44. The van der Waals surface area contributed by atoms with Gasteiger partial charge < -0.3 is 5.11 Å². The Bertz CT molecular complexity index is 514. The maximum atomic E-state index is 14.3. The minimum atomic E-state index is -3.23. The predicted molar refractivity (Wildman–Crippen MR) is 76.5 cm³/mol. The van der Waals surface area contributed by atoms with Crippen LogP contribution in [0.25, 0.3) is 0 Å². The number of carboxylic acids is 1. The minimum Gasteiger partial charge on any atom is -0.481 e. The first kappa shape index (κ1) is 16.6. The van der Waals surface area contributed by atoms with Crippen LogP contribution in [0.2, 0.25) is 0 Å². The van der Waals surface area contributed by atoms with Crippen molar-refractivity contribution in [3.63, 3.8) is 0 Å². The topological polar surface area (TPSA) is 37.3 Å². The Morgan fingerprint density at radius 2 is 1.79 bits per heavy atom. The molecule has 0 aliphatic carbocycles. The number of aryl methyl sites for hydroxylation is 1. The summed E-state index contributed by atoms with van der Waals surface area (Å²) in [7, 11) is 0. The van der Waals surface area contributed by atoms with Gasteiger partial charge in [-0.2, -0.15) is 0 Å². The lowest BCUT2D eigenvalue weighted by atomic mass is 9.84. The number of hydrogen-bond acceptors (Lipinski definition) is 1. The zero-order valence-electron chi connectivity index (χ0n) is 10.7. The van der Waals surface area contributed by atoms with E-state index in [-0.39, 0.29) is 10.0 Å². The maximum Gasteiger partial charge on any atom is 0.309 e. The van der Waals surface area contributed by atoms with E-state index >= 15 is 0 Å². The molecule has 1 N–H and O–H groups in total. The van der Waals surface area contributed by atoms with Crippen molar-refractivity contribution in [2.24, 2.45) is 5.41 Å². The summed E-state index contributed by atoms with van der Waals surface area (Å²) in [6.07, 6.45) is -0.760. The van der Waals surface area contributed by atoms with Crippen molar-refractivity contribution in [3.05, 3.63) is 32.2 Å². The molecule has 0 fully saturated rings. The van der Waals surface area contributed by atoms with Crippen LogP contribution < -0.4 is 0 Å². The third-order valence-corrected chi connectivity index (χ3v) is 4.40. The zero-order valence-corrected chi connectivity index (χ0v) is 13.9. The van der Waals surface area contributed by atoms with Crippen molar-refractivity contribution in [1.82, 2.24) is 0 Å². The number of rotatable bonds is 4. The molecule has 0 unspecified atom stereocenters. The molecule has 19 heavy (non-hydrogen) atoms. The number of carboxylic acid groups (broad SMARTS) is 1. The summed E-state index contributed by atoms with van der Waals surface area (Å²) in [5.74, 6) is -4.47. The zero-order chi connectivity index (χ0) is 15.0. The first-order valence-electron chi connectivity index (χ1n) is 5.55. The summed E-state index contributed by atoms with van der Waals surface area (Å²) < 4.78 is 29.4. The summed E-state index contributed by atoms with van der Waals surface area (Å²) in [4.78, 5) is 11.0. The van der Waals surface area contributed by atoms with Crippen molar-refractivity contribution >= 4 is 37.8 Å². The lowest BCUT2D eigenvalue weighted by Crippen LogP contribution is -2.31. The molecule has 0 saturated carbocycles. The maximum absolute atomic E-state index is 14.3. The van der Waals surface area contributed by atoms with Crippen LogP contribution in [0.4, 0.5) is 8.78 Å². The van der Waals surface area contributed by atoms with Crippen LogP contribution in [-0.4, -0.2) is 11.1 Å². The van der Waals surface area contributed by atoms with Crippen molar-refractivity contribution in [2.45, 2.75) is 33.1 Å². The highest BCUT2D eigenvalue weighted by Gasteiger charge is 2.43. The van der Waals surface area contributed by atoms with Crippen LogP contribution >= 0.6 is 31.9 Å². The quantitative estimate of drug-likeness (QED) is 0.763. The molecule has 0 heterocycles. The lowest BCUT2D eigenvalue weighted by molar-refractivity contribution is -0.153. The van der Waals surface area contributed by atoms with E-state index in [0.29, 0.717) is 4.47 Å². The molecule has 2 nitrogen and oxygen atoms in total. The molecule has 0 spiro atoms. The molecule has 0 aliphatic heterocycles. The monoisotopic (exact) mass is 398 g/mol. The van der Waals surface area contributed by atoms with Crippen LogP contribution in [0.1, 0.15) is 31.4 Å². The number of benzene rings is 1. The first-order valence-corrected chi connectivity index (χ1v) is 7.13. The molecule has 0 aliphatic rings. The fraction of sp³-hybridized carbons (Fsp3) is 0.462. The van der Waals surface area contributed by atoms with Crippen LogP contribution in [0.3, 0.4) is 0 Å². The molecule has 1 aromatic carbocycles. The smallest absolute Gasteiger partial charge is 0.309 e. The molecule has 0 bridgehead atoms. The summed E-state index contributed by atoms with van der Waals surface area (Å²) in [6, 6.07) is 2.92. The normalized spacial score (nSPS) is 12.6. The molecular weight excluding hydrogens is 386 g/mol. The summed E-state index contributed by atoms with van der Waals surface area (Å²) in [5, 5.41) is 8.97. The van der Waals surface area contributed by atoms with E-state index < -0.39 is 23.7 Å². The largest absolute Gasteiger partial charge is 0.481 e. The van der Waals surface area contributed by atoms with Gasteiger partial charge >= 0.3 is 5.97 Å². The Morgan fingerprint density at radius 3 is 2.26 bits per heavy atom. The van der Waals surface area contributed by atoms with Crippen molar-refractivity contribution in [2.75, 3.05) is 0 Å². The Balaban J connectivity index is 3.21. The van der Waals surface area contributed by atoms with E-state index in [2.05, 4.69) is 31.9 Å². The second kappa shape index (κ2) is 5.48. The average molecular weight is 400 g/mol. The van der Waals surface area contributed by atoms with Gasteiger partial charge in [0.05, 0.1) is 5.41 Å². The van der Waals surface area contributed by atoms with E-state index in [9.17, 15) is 13.6 Å². The van der Waals surface area contributed by atoms with E-state index in [1.165, 1.54) is 19.9 Å². The summed E-state index contributed by atoms with van der Waals surface area (Å²) in [5.41, 5.74) is -0.886. The molecule has 0 saturated heterocycles. The molecule has 0 amide bonds. The van der Waals surface area contributed by atoms with E-state index in [1.807, 2.05) is 0 Å². The van der Waals surface area contributed by atoms with Gasteiger partial charge in [0.2, 0.25) is 0 Å². The van der Waals surface area contributed by atoms with Gasteiger partial charge in [0.15, 0.2) is 0 Å². The van der Waals surface area contributed by atoms with Gasteiger partial charge in [-0.25, -0.2) is 8.78 Å². The lowest BCUT2D eigenvalue weighted by Gasteiger charge is -2.27. The molecule has 6 heteroatoms. The standard InChI is InChI=1S/C13H14Br2F2O2/c1-7-4-10(15)8(5-9(7)14)13(16,17)6-12(2,3)11(18)19/h4-5H,6H2,1-3H3,(H,18,19). The Morgan fingerprint density at radius 1 is 1.26 bits per heavy atom. The van der Waals surface area contributed by atoms with Gasteiger partial charge in [-0.3, -0.25) is 4.79 Å². The molecule has 1 rings (SSSR count). The fourth-order valence-electron chi connectivity index (χ4n) is 1.65. The molecule has 0 radical (unpaired) electrons. The molecule has 0 aromatic heterocycles. The van der Waals surface area contributed by atoms with Crippen LogP contribution in [-0.2, 0) is 10.7 Å². The van der Waals surface area contributed by atoms with Gasteiger partial charge in [-0.05, 0) is 38.5 Å². The molecule has 0 atom stereocenters. The Hall–Kier alpha value is -0.490. The number of halogens is 4. The van der Waals surface area contributed by atoms with Crippen LogP contribution in [0.15, 0.2) is 21.1 Å². The first-order chi connectivity index (χ1) is 8.47. The molecular formula is C13H14Br2F2O2. The SMILES string of the molecule is Cc1cc(Br)c(C(F)(F)CC(C)(C)C(=O)O)cc1Br. The third kappa shape index (κ3) is 3.75. The van der Waals surface area contributed by atoms with Gasteiger partial charge in [0, 0.05) is 20.9 Å². The number of aliphatic carboxylic acids is 1. The highest BCUT2D eigenvalue weighted by molar-refractivity contribution is 9.11. The van der Waals surface area contributed by atoms with Gasteiger partial charge in [-0.1, -0.05) is 31.9 Å². The van der Waals surface area contributed by atoms with Crippen molar-refractivity contribution in [1.29, 1.82) is 0 Å². The number of carbonyl (C=O) groups is 1. The van der Waals surface area contributed by atoms with Gasteiger partial charge in [-0.15, -0.1) is 0 Å². The van der Waals surface area contributed by atoms with Crippen molar-refractivity contribution < 1.29 is 18.7 Å². The van der Waals surface area contributed by atoms with Gasteiger partial charge in [0.25, 0.3) is 5.92 Å². The number of hydrogen-bond donors (Lipinski definition) is 1. The Labute approximate surface area is 127 Å². The summed E-state index contributed by atoms with van der Waals surface area (Å²) >= 11 is 6.32. The fourth-order valence-corrected chi connectivity index (χ4v) is 2.74. The highest BCUT2D eigenvalue weighted by atomic mass is 79.9. The second-order valence-corrected chi connectivity index (χ2v) is 6.86. The third-order valence-electron chi connectivity index (χ3n) is 2.89. The van der Waals surface area contributed by atoms with Crippen LogP contribution in [0.5, 0.6) is 0 Å². The minimum absolute atomic E-state index is 0.209. The summed E-state index contributed by atoms with van der Waals surface area (Å²) in [6.45, 7) is 4.37. The van der Waals surface area contributed by atoms with E-state index in [1.54, 1.807) is 13.0 Å². The number of alkyl halides is 2.